The highest BCUT2D eigenvalue weighted by Crippen LogP contribution is 2.16. The van der Waals surface area contributed by atoms with Crippen molar-refractivity contribution in [3.05, 3.63) is 29.8 Å². The van der Waals surface area contributed by atoms with Crippen molar-refractivity contribution in [2.75, 3.05) is 0 Å². The molecule has 1 aromatic rings. The molecule has 1 rings (SSSR count). The van der Waals surface area contributed by atoms with Gasteiger partial charge in [0.15, 0.2) is 0 Å². The van der Waals surface area contributed by atoms with Gasteiger partial charge >= 0.3 is 0 Å². The predicted molar refractivity (Wildman–Crippen MR) is 42.1 cm³/mol. The van der Waals surface area contributed by atoms with Crippen molar-refractivity contribution in [2.45, 2.75) is 19.8 Å². The van der Waals surface area contributed by atoms with Crippen LogP contribution in [-0.4, -0.2) is 5.11 Å². The van der Waals surface area contributed by atoms with Gasteiger partial charge in [0.2, 0.25) is 0 Å². The molecular weight excluding hydrogens is 125 g/mol. The summed E-state index contributed by atoms with van der Waals surface area (Å²) in [7, 11) is 0. The summed E-state index contributed by atoms with van der Waals surface area (Å²) in [5, 5.41) is 9.24. The number of aromatic hydroxyl groups is 1. The molecule has 1 N–H and O–H groups in total. The van der Waals surface area contributed by atoms with Gasteiger partial charge in [0, 0.05) is 0 Å². The summed E-state index contributed by atoms with van der Waals surface area (Å²) in [4.78, 5) is 0. The SMILES string of the molecule is CCCc1cccc[13c]1O. The molecule has 10 heavy (non-hydrogen) atoms. The van der Waals surface area contributed by atoms with Gasteiger partial charge in [0.25, 0.3) is 0 Å². The number of para-hydroxylation sites is 1. The summed E-state index contributed by atoms with van der Waals surface area (Å²) in [6, 6.07) is 7.48. The molecule has 0 saturated heterocycles. The monoisotopic (exact) mass is 137 g/mol. The lowest BCUT2D eigenvalue weighted by Gasteiger charge is -1.99. The zero-order valence-corrected chi connectivity index (χ0v) is 6.17. The molecule has 0 saturated carbocycles. The number of phenolic OH excluding ortho intramolecular Hbond substituents is 1. The van der Waals surface area contributed by atoms with Crippen molar-refractivity contribution < 1.29 is 5.11 Å². The van der Waals surface area contributed by atoms with Crippen molar-refractivity contribution in [3.63, 3.8) is 0 Å². The van der Waals surface area contributed by atoms with E-state index >= 15 is 0 Å². The fourth-order valence-corrected chi connectivity index (χ4v) is 0.992. The van der Waals surface area contributed by atoms with Gasteiger partial charge in [-0.1, -0.05) is 31.5 Å². The van der Waals surface area contributed by atoms with E-state index < -0.39 is 0 Å². The number of phenols is 1. The molecule has 0 aliphatic carbocycles. The second-order valence-corrected chi connectivity index (χ2v) is 2.38. The summed E-state index contributed by atoms with van der Waals surface area (Å²) < 4.78 is 0. The minimum Gasteiger partial charge on any atom is -0.508 e. The molecule has 0 fully saturated rings. The van der Waals surface area contributed by atoms with Crippen molar-refractivity contribution in [2.24, 2.45) is 0 Å². The summed E-state index contributed by atoms with van der Waals surface area (Å²) in [5.74, 6) is 0.421. The average Bonchev–Trinajstić information content (AvgIpc) is 1.94. The maximum Gasteiger partial charge on any atom is 0.118 e. The van der Waals surface area contributed by atoms with E-state index in [2.05, 4.69) is 6.92 Å². The molecule has 0 unspecified atom stereocenters. The number of rotatable bonds is 2. The van der Waals surface area contributed by atoms with Crippen molar-refractivity contribution in [3.8, 4) is 5.75 Å². The maximum absolute atomic E-state index is 9.24. The highest BCUT2D eigenvalue weighted by atomic mass is 16.3. The van der Waals surface area contributed by atoms with Crippen molar-refractivity contribution in [1.82, 2.24) is 0 Å². The highest BCUT2D eigenvalue weighted by Gasteiger charge is 1.95. The van der Waals surface area contributed by atoms with Gasteiger partial charge in [-0.3, -0.25) is 0 Å². The topological polar surface area (TPSA) is 20.2 Å². The van der Waals surface area contributed by atoms with Crippen molar-refractivity contribution in [1.29, 1.82) is 0 Å². The lowest BCUT2D eigenvalue weighted by molar-refractivity contribution is 0.467. The Morgan fingerprint density at radius 3 is 2.60 bits per heavy atom. The zero-order valence-electron chi connectivity index (χ0n) is 6.17. The Labute approximate surface area is 61.3 Å². The fraction of sp³-hybridized carbons (Fsp3) is 0.333. The molecule has 1 aromatic carbocycles. The van der Waals surface area contributed by atoms with Crippen LogP contribution < -0.4 is 0 Å². The predicted octanol–water partition coefficient (Wildman–Crippen LogP) is 2.34. The van der Waals surface area contributed by atoms with Gasteiger partial charge < -0.3 is 5.11 Å². The van der Waals surface area contributed by atoms with Crippen LogP contribution in [0.5, 0.6) is 5.75 Å². The zero-order chi connectivity index (χ0) is 7.40. The third-order valence-electron chi connectivity index (χ3n) is 1.51. The summed E-state index contributed by atoms with van der Waals surface area (Å²) >= 11 is 0. The Bertz CT molecular complexity index is 206. The van der Waals surface area contributed by atoms with Crippen LogP contribution in [0.15, 0.2) is 24.3 Å². The Morgan fingerprint density at radius 1 is 1.30 bits per heavy atom. The minimum atomic E-state index is 0.421. The first-order valence-electron chi connectivity index (χ1n) is 3.61. The van der Waals surface area contributed by atoms with Gasteiger partial charge in [-0.25, -0.2) is 0 Å². The first kappa shape index (κ1) is 7.13. The highest BCUT2D eigenvalue weighted by molar-refractivity contribution is 5.31. The van der Waals surface area contributed by atoms with E-state index in [1.54, 1.807) is 6.07 Å². The first-order valence-corrected chi connectivity index (χ1v) is 3.61. The normalized spacial score (nSPS) is 9.70. The van der Waals surface area contributed by atoms with Gasteiger partial charge in [0.05, 0.1) is 0 Å². The molecule has 54 valence electrons. The van der Waals surface area contributed by atoms with Crippen LogP contribution >= 0.6 is 0 Å². The molecule has 0 spiro atoms. The van der Waals surface area contributed by atoms with Gasteiger partial charge in [0.1, 0.15) is 5.75 Å². The van der Waals surface area contributed by atoms with Crippen LogP contribution in [0.1, 0.15) is 18.9 Å². The van der Waals surface area contributed by atoms with Crippen LogP contribution in [0.25, 0.3) is 0 Å². The summed E-state index contributed by atoms with van der Waals surface area (Å²) in [6.45, 7) is 2.10. The molecule has 1 nitrogen and oxygen atoms in total. The molecule has 0 radical (unpaired) electrons. The molecule has 0 heterocycles. The molecule has 0 aliphatic heterocycles. The number of benzene rings is 1. The number of hydrogen-bond acceptors (Lipinski definition) is 1. The Balaban J connectivity index is 2.81. The molecule has 0 aliphatic rings. The van der Waals surface area contributed by atoms with Gasteiger partial charge in [-0.05, 0) is 18.1 Å². The molecule has 0 atom stereocenters. The van der Waals surface area contributed by atoms with Crippen LogP contribution in [0, 0.1) is 0 Å². The third kappa shape index (κ3) is 1.50. The lowest BCUT2D eigenvalue weighted by Crippen LogP contribution is -1.81. The van der Waals surface area contributed by atoms with E-state index in [9.17, 15) is 5.11 Å². The third-order valence-corrected chi connectivity index (χ3v) is 1.51. The first-order chi connectivity index (χ1) is 4.84. The fourth-order valence-electron chi connectivity index (χ4n) is 0.992. The molecule has 1 heteroatoms. The second kappa shape index (κ2) is 3.25. The van der Waals surface area contributed by atoms with Crippen LogP contribution in [0.3, 0.4) is 0 Å². The maximum atomic E-state index is 9.24. The van der Waals surface area contributed by atoms with E-state index in [4.69, 9.17) is 0 Å². The molecule has 0 aromatic heterocycles. The van der Waals surface area contributed by atoms with E-state index in [1.165, 1.54) is 0 Å². The largest absolute Gasteiger partial charge is 0.508 e. The van der Waals surface area contributed by atoms with E-state index in [1.807, 2.05) is 18.2 Å². The van der Waals surface area contributed by atoms with E-state index in [0.29, 0.717) is 5.75 Å². The number of hydrogen-bond donors (Lipinski definition) is 1. The Hall–Kier alpha value is -0.980. The Morgan fingerprint density at radius 2 is 2.00 bits per heavy atom. The van der Waals surface area contributed by atoms with Gasteiger partial charge in [-0.2, -0.15) is 0 Å². The minimum absolute atomic E-state index is 0.421. The summed E-state index contributed by atoms with van der Waals surface area (Å²) in [5.41, 5.74) is 1.05. The number of aryl methyl sites for hydroxylation is 1. The molecular formula is C9H12O. The van der Waals surface area contributed by atoms with Crippen molar-refractivity contribution >= 4 is 0 Å². The van der Waals surface area contributed by atoms with E-state index in [0.717, 1.165) is 18.4 Å². The molecule has 0 bridgehead atoms. The van der Waals surface area contributed by atoms with Gasteiger partial charge in [-0.15, -0.1) is 0 Å². The quantitative estimate of drug-likeness (QED) is 0.663. The second-order valence-electron chi connectivity index (χ2n) is 2.38. The van der Waals surface area contributed by atoms with E-state index in [-0.39, 0.29) is 0 Å². The van der Waals surface area contributed by atoms with Crippen LogP contribution in [0.4, 0.5) is 0 Å². The molecule has 0 amide bonds. The smallest absolute Gasteiger partial charge is 0.118 e. The van der Waals surface area contributed by atoms with Crippen LogP contribution in [0.2, 0.25) is 0 Å². The summed E-state index contributed by atoms with van der Waals surface area (Å²) in [6.07, 6.45) is 2.05. The standard InChI is InChI=1S/C9H12O/c1-2-5-8-6-3-4-7-9(8)10/h3-4,6-7,10H,2,5H2,1H3/i9+1. The Kier molecular flexibility index (Phi) is 2.32. The van der Waals surface area contributed by atoms with Crippen LogP contribution in [-0.2, 0) is 6.42 Å². The lowest BCUT2D eigenvalue weighted by atomic mass is 10.2. The average molecular weight is 137 g/mol.